The van der Waals surface area contributed by atoms with Crippen LogP contribution in [-0.4, -0.2) is 0 Å². The van der Waals surface area contributed by atoms with Gasteiger partial charge in [0.05, 0.1) is 0 Å². The van der Waals surface area contributed by atoms with Crippen molar-refractivity contribution >= 4 is 43.5 Å². The molecule has 0 N–H and O–H groups in total. The van der Waals surface area contributed by atoms with Gasteiger partial charge in [-0.25, -0.2) is 0 Å². The van der Waals surface area contributed by atoms with E-state index < -0.39 is 0 Å². The maximum Gasteiger partial charge on any atom is 0.304 e. The molecule has 0 heterocycles. The second kappa shape index (κ2) is 5.32. The molecule has 0 saturated carbocycles. The molecule has 1 aromatic rings. The molecule has 0 saturated heterocycles. The third kappa shape index (κ3) is 3.42. The van der Waals surface area contributed by atoms with Crippen LogP contribution in [0.25, 0.3) is 6.08 Å². The topological polar surface area (TPSA) is 18.5 Å². The standard InChI is InChI=1S/C8H7ClO2S2/c9-7-3-1-6(2-4-7)5-8(10-12)11-13/h1-5,12-13H. The van der Waals surface area contributed by atoms with E-state index in [1.165, 1.54) is 0 Å². The van der Waals surface area contributed by atoms with Crippen LogP contribution >= 0.6 is 37.4 Å². The Morgan fingerprint density at radius 2 is 1.69 bits per heavy atom. The molecule has 0 amide bonds. The summed E-state index contributed by atoms with van der Waals surface area (Å²) in [7, 11) is 0. The first-order chi connectivity index (χ1) is 6.26. The normalized spacial score (nSPS) is 9.15. The van der Waals surface area contributed by atoms with E-state index in [2.05, 4.69) is 34.2 Å². The SMILES string of the molecule is SOC(=Cc1ccc(Cl)cc1)OS. The summed E-state index contributed by atoms with van der Waals surface area (Å²) in [6.07, 6.45) is 1.64. The number of halogens is 1. The van der Waals surface area contributed by atoms with Gasteiger partial charge in [0.2, 0.25) is 0 Å². The van der Waals surface area contributed by atoms with E-state index in [4.69, 9.17) is 11.6 Å². The zero-order valence-corrected chi connectivity index (χ0v) is 9.02. The quantitative estimate of drug-likeness (QED) is 0.475. The van der Waals surface area contributed by atoms with E-state index in [-0.39, 0.29) is 5.95 Å². The summed E-state index contributed by atoms with van der Waals surface area (Å²) in [6.45, 7) is 0. The maximum absolute atomic E-state index is 5.70. The zero-order valence-electron chi connectivity index (χ0n) is 6.48. The molecule has 0 aliphatic heterocycles. The largest absolute Gasteiger partial charge is 0.394 e. The first kappa shape index (κ1) is 10.6. The number of hydrogen-bond acceptors (Lipinski definition) is 4. The van der Waals surface area contributed by atoms with Crippen LogP contribution in [0, 0.1) is 0 Å². The van der Waals surface area contributed by atoms with Gasteiger partial charge in [0.15, 0.2) is 0 Å². The van der Waals surface area contributed by atoms with Crippen LogP contribution in [0.4, 0.5) is 0 Å². The van der Waals surface area contributed by atoms with E-state index in [1.807, 2.05) is 12.1 Å². The first-order valence-corrected chi connectivity index (χ1v) is 4.47. The minimum Gasteiger partial charge on any atom is -0.394 e. The van der Waals surface area contributed by atoms with Crippen LogP contribution < -0.4 is 0 Å². The molecule has 5 heteroatoms. The van der Waals surface area contributed by atoms with E-state index in [1.54, 1.807) is 18.2 Å². The highest BCUT2D eigenvalue weighted by molar-refractivity contribution is 7.75. The minimum absolute atomic E-state index is 0.203. The van der Waals surface area contributed by atoms with Crippen LogP contribution in [0.3, 0.4) is 0 Å². The summed E-state index contributed by atoms with van der Waals surface area (Å²) in [6, 6.07) is 7.17. The summed E-state index contributed by atoms with van der Waals surface area (Å²) in [5.41, 5.74) is 0.891. The zero-order chi connectivity index (χ0) is 9.68. The molecule has 0 spiro atoms. The molecule has 0 fully saturated rings. The van der Waals surface area contributed by atoms with Gasteiger partial charge in [-0.2, -0.15) is 0 Å². The van der Waals surface area contributed by atoms with Gasteiger partial charge < -0.3 is 8.37 Å². The van der Waals surface area contributed by atoms with Crippen molar-refractivity contribution < 1.29 is 8.37 Å². The number of hydrogen-bond donors (Lipinski definition) is 2. The van der Waals surface area contributed by atoms with Crippen molar-refractivity contribution in [2.45, 2.75) is 0 Å². The Morgan fingerprint density at radius 3 is 2.15 bits per heavy atom. The third-order valence-electron chi connectivity index (χ3n) is 1.33. The predicted octanol–water partition coefficient (Wildman–Crippen LogP) is 3.36. The molecule has 0 aliphatic carbocycles. The summed E-state index contributed by atoms with van der Waals surface area (Å²) in [4.78, 5) is 0. The van der Waals surface area contributed by atoms with Crippen molar-refractivity contribution in [3.63, 3.8) is 0 Å². The van der Waals surface area contributed by atoms with Crippen molar-refractivity contribution in [3.05, 3.63) is 40.8 Å². The van der Waals surface area contributed by atoms with E-state index >= 15 is 0 Å². The van der Waals surface area contributed by atoms with Crippen molar-refractivity contribution in [1.29, 1.82) is 0 Å². The summed E-state index contributed by atoms with van der Waals surface area (Å²) < 4.78 is 9.12. The lowest BCUT2D eigenvalue weighted by Crippen LogP contribution is -1.81. The maximum atomic E-state index is 5.70. The van der Waals surface area contributed by atoms with E-state index in [9.17, 15) is 0 Å². The summed E-state index contributed by atoms with van der Waals surface area (Å²) in [5, 5.41) is 0.678. The molecule has 0 bridgehead atoms. The fourth-order valence-electron chi connectivity index (χ4n) is 0.764. The van der Waals surface area contributed by atoms with Crippen LogP contribution in [0.15, 0.2) is 30.2 Å². The monoisotopic (exact) mass is 234 g/mol. The minimum atomic E-state index is 0.203. The number of benzene rings is 1. The Kier molecular flexibility index (Phi) is 4.35. The Bertz CT molecular complexity index is 292. The van der Waals surface area contributed by atoms with Gasteiger partial charge in [-0.15, -0.1) is 0 Å². The second-order valence-electron chi connectivity index (χ2n) is 2.20. The van der Waals surface area contributed by atoms with Crippen LogP contribution in [0.2, 0.25) is 5.02 Å². The molecule has 0 atom stereocenters. The highest BCUT2D eigenvalue weighted by Gasteiger charge is 1.96. The Morgan fingerprint density at radius 1 is 1.15 bits per heavy atom. The van der Waals surface area contributed by atoms with Crippen LogP contribution in [0.1, 0.15) is 5.56 Å². The van der Waals surface area contributed by atoms with E-state index in [0.29, 0.717) is 5.02 Å². The molecule has 13 heavy (non-hydrogen) atoms. The second-order valence-corrected chi connectivity index (χ2v) is 3.00. The fourth-order valence-corrected chi connectivity index (χ4v) is 1.13. The smallest absolute Gasteiger partial charge is 0.304 e. The molecule has 1 aromatic carbocycles. The molecule has 1 rings (SSSR count). The fraction of sp³-hybridized carbons (Fsp3) is 0. The van der Waals surface area contributed by atoms with Gasteiger partial charge in [-0.3, -0.25) is 0 Å². The molecular weight excluding hydrogens is 228 g/mol. The average Bonchev–Trinajstić information content (AvgIpc) is 2.17. The summed E-state index contributed by atoms with van der Waals surface area (Å²) >= 11 is 12.9. The average molecular weight is 235 g/mol. The molecule has 0 aromatic heterocycles. The molecule has 0 unspecified atom stereocenters. The third-order valence-corrected chi connectivity index (χ3v) is 1.95. The van der Waals surface area contributed by atoms with Gasteiger partial charge in [0.1, 0.15) is 0 Å². The lowest BCUT2D eigenvalue weighted by molar-refractivity contribution is 0.299. The van der Waals surface area contributed by atoms with Crippen molar-refractivity contribution in [2.75, 3.05) is 0 Å². The van der Waals surface area contributed by atoms with Gasteiger partial charge in [-0.1, -0.05) is 23.7 Å². The Balaban J connectivity index is 2.84. The Hall–Kier alpha value is -0.450. The molecular formula is C8H7ClO2S2. The van der Waals surface area contributed by atoms with Gasteiger partial charge in [0.25, 0.3) is 0 Å². The van der Waals surface area contributed by atoms with Crippen molar-refractivity contribution in [3.8, 4) is 0 Å². The van der Waals surface area contributed by atoms with Crippen LogP contribution in [-0.2, 0) is 8.37 Å². The van der Waals surface area contributed by atoms with Crippen LogP contribution in [0.5, 0.6) is 0 Å². The predicted molar refractivity (Wildman–Crippen MR) is 59.6 cm³/mol. The van der Waals surface area contributed by atoms with E-state index in [0.717, 1.165) is 5.56 Å². The molecule has 0 radical (unpaired) electrons. The van der Waals surface area contributed by atoms with Crippen molar-refractivity contribution in [1.82, 2.24) is 0 Å². The number of rotatable bonds is 3. The van der Waals surface area contributed by atoms with Gasteiger partial charge >= 0.3 is 5.95 Å². The molecule has 70 valence electrons. The van der Waals surface area contributed by atoms with Gasteiger partial charge in [0, 0.05) is 36.9 Å². The molecule has 0 aliphatic rings. The lowest BCUT2D eigenvalue weighted by atomic mass is 10.2. The highest BCUT2D eigenvalue weighted by atomic mass is 35.5. The Labute approximate surface area is 92.7 Å². The first-order valence-electron chi connectivity index (χ1n) is 3.36. The molecule has 2 nitrogen and oxygen atoms in total. The lowest BCUT2D eigenvalue weighted by Gasteiger charge is -2.00. The highest BCUT2D eigenvalue weighted by Crippen LogP contribution is 2.14. The van der Waals surface area contributed by atoms with Gasteiger partial charge in [-0.05, 0) is 17.7 Å². The number of thiol groups is 2. The van der Waals surface area contributed by atoms with Crippen molar-refractivity contribution in [2.24, 2.45) is 0 Å². The summed E-state index contributed by atoms with van der Waals surface area (Å²) in [5.74, 6) is 0.203.